The zero-order valence-electron chi connectivity index (χ0n) is 12.3. The van der Waals surface area contributed by atoms with Gasteiger partial charge in [-0.15, -0.1) is 0 Å². The zero-order chi connectivity index (χ0) is 14.9. The van der Waals surface area contributed by atoms with Crippen LogP contribution in [0.1, 0.15) is 28.7 Å². The van der Waals surface area contributed by atoms with E-state index in [1.807, 2.05) is 24.3 Å². The van der Waals surface area contributed by atoms with Gasteiger partial charge in [0, 0.05) is 11.1 Å². The standard InChI is InChI=1S/C21H17N/c22-21(18-13-12-15-6-1-2-8-17(15)14-18)20-11-5-9-16-7-3-4-10-19(16)20/h2-5,7-14,22H,1,6H2. The summed E-state index contributed by atoms with van der Waals surface area (Å²) in [5.74, 6) is 0. The van der Waals surface area contributed by atoms with E-state index < -0.39 is 0 Å². The molecule has 0 bridgehead atoms. The minimum absolute atomic E-state index is 0.596. The number of allylic oxidation sites excluding steroid dienone is 1. The van der Waals surface area contributed by atoms with Crippen LogP contribution >= 0.6 is 0 Å². The molecule has 1 N–H and O–H groups in total. The van der Waals surface area contributed by atoms with Crippen LogP contribution in [-0.2, 0) is 6.42 Å². The molecule has 0 atom stereocenters. The highest BCUT2D eigenvalue weighted by atomic mass is 14.4. The summed E-state index contributed by atoms with van der Waals surface area (Å²) in [6, 6.07) is 20.9. The largest absolute Gasteiger partial charge is 0.300 e. The quantitative estimate of drug-likeness (QED) is 0.624. The molecule has 1 aliphatic carbocycles. The van der Waals surface area contributed by atoms with Gasteiger partial charge in [-0.05, 0) is 40.8 Å². The van der Waals surface area contributed by atoms with Crippen molar-refractivity contribution in [3.05, 3.63) is 89.0 Å². The highest BCUT2D eigenvalue weighted by molar-refractivity contribution is 6.18. The molecule has 0 heterocycles. The van der Waals surface area contributed by atoms with Crippen molar-refractivity contribution in [3.8, 4) is 0 Å². The second-order valence-electron chi connectivity index (χ2n) is 5.76. The van der Waals surface area contributed by atoms with Gasteiger partial charge in [0.25, 0.3) is 0 Å². The molecular formula is C21H17N. The first-order valence-electron chi connectivity index (χ1n) is 7.69. The maximum Gasteiger partial charge on any atom is 0.0690 e. The minimum Gasteiger partial charge on any atom is -0.300 e. The highest BCUT2D eigenvalue weighted by Crippen LogP contribution is 2.25. The van der Waals surface area contributed by atoms with Gasteiger partial charge in [0.1, 0.15) is 0 Å². The van der Waals surface area contributed by atoms with E-state index >= 15 is 0 Å². The fourth-order valence-electron chi connectivity index (χ4n) is 3.18. The molecule has 1 nitrogen and oxygen atoms in total. The van der Waals surface area contributed by atoms with Crippen LogP contribution in [0.4, 0.5) is 0 Å². The summed E-state index contributed by atoms with van der Waals surface area (Å²) in [7, 11) is 0. The third-order valence-electron chi connectivity index (χ3n) is 4.37. The number of rotatable bonds is 2. The lowest BCUT2D eigenvalue weighted by atomic mass is 9.91. The Balaban J connectivity index is 1.83. The summed E-state index contributed by atoms with van der Waals surface area (Å²) in [6.45, 7) is 0. The third-order valence-corrected chi connectivity index (χ3v) is 4.37. The SMILES string of the molecule is N=C(c1ccc2c(c1)C=CCC2)c1cccc2ccccc12. The summed E-state index contributed by atoms with van der Waals surface area (Å²) in [6.07, 6.45) is 6.62. The molecule has 0 spiro atoms. The van der Waals surface area contributed by atoms with Crippen molar-refractivity contribution in [3.63, 3.8) is 0 Å². The second-order valence-corrected chi connectivity index (χ2v) is 5.76. The van der Waals surface area contributed by atoms with Crippen LogP contribution in [0.15, 0.2) is 66.7 Å². The molecule has 0 fully saturated rings. The summed E-state index contributed by atoms with van der Waals surface area (Å²) in [5, 5.41) is 11.0. The van der Waals surface area contributed by atoms with E-state index in [-0.39, 0.29) is 0 Å². The molecule has 22 heavy (non-hydrogen) atoms. The highest BCUT2D eigenvalue weighted by Gasteiger charge is 2.11. The van der Waals surface area contributed by atoms with Gasteiger partial charge >= 0.3 is 0 Å². The first kappa shape index (κ1) is 13.0. The van der Waals surface area contributed by atoms with E-state index in [1.165, 1.54) is 16.5 Å². The van der Waals surface area contributed by atoms with Crippen molar-refractivity contribution < 1.29 is 0 Å². The molecule has 0 amide bonds. The van der Waals surface area contributed by atoms with Crippen LogP contribution in [0.2, 0.25) is 0 Å². The fourth-order valence-corrected chi connectivity index (χ4v) is 3.18. The fraction of sp³-hybridized carbons (Fsp3) is 0.0952. The number of nitrogens with one attached hydrogen (secondary N) is 1. The van der Waals surface area contributed by atoms with E-state index in [2.05, 4.69) is 48.6 Å². The van der Waals surface area contributed by atoms with Gasteiger partial charge in [-0.3, -0.25) is 5.41 Å². The Kier molecular flexibility index (Phi) is 3.12. The average Bonchev–Trinajstić information content (AvgIpc) is 2.60. The van der Waals surface area contributed by atoms with Gasteiger partial charge in [-0.2, -0.15) is 0 Å². The summed E-state index contributed by atoms with van der Waals surface area (Å²) < 4.78 is 0. The van der Waals surface area contributed by atoms with Crippen LogP contribution in [0, 0.1) is 5.41 Å². The smallest absolute Gasteiger partial charge is 0.0690 e. The maximum absolute atomic E-state index is 8.65. The lowest BCUT2D eigenvalue weighted by Gasteiger charge is -2.13. The lowest BCUT2D eigenvalue weighted by molar-refractivity contribution is 0.985. The molecule has 0 radical (unpaired) electrons. The Morgan fingerprint density at radius 2 is 1.77 bits per heavy atom. The van der Waals surface area contributed by atoms with Crippen molar-refractivity contribution in [1.29, 1.82) is 5.41 Å². The van der Waals surface area contributed by atoms with Crippen molar-refractivity contribution in [2.45, 2.75) is 12.8 Å². The molecule has 3 aromatic rings. The summed E-state index contributed by atoms with van der Waals surface area (Å²) in [5.41, 5.74) is 5.23. The van der Waals surface area contributed by atoms with Crippen LogP contribution < -0.4 is 0 Å². The first-order valence-corrected chi connectivity index (χ1v) is 7.69. The van der Waals surface area contributed by atoms with E-state index in [1.54, 1.807) is 0 Å². The average molecular weight is 283 g/mol. The van der Waals surface area contributed by atoms with Crippen LogP contribution in [0.3, 0.4) is 0 Å². The Morgan fingerprint density at radius 1 is 0.909 bits per heavy atom. The number of hydrogen-bond acceptors (Lipinski definition) is 1. The Labute approximate surface area is 130 Å². The van der Waals surface area contributed by atoms with Crippen molar-refractivity contribution in [1.82, 2.24) is 0 Å². The number of hydrogen-bond donors (Lipinski definition) is 1. The molecule has 3 aromatic carbocycles. The van der Waals surface area contributed by atoms with Crippen molar-refractivity contribution in [2.75, 3.05) is 0 Å². The number of benzene rings is 3. The van der Waals surface area contributed by atoms with E-state index in [0.29, 0.717) is 5.71 Å². The van der Waals surface area contributed by atoms with Gasteiger partial charge in [0.15, 0.2) is 0 Å². The van der Waals surface area contributed by atoms with E-state index in [9.17, 15) is 0 Å². The van der Waals surface area contributed by atoms with Crippen LogP contribution in [-0.4, -0.2) is 5.71 Å². The van der Waals surface area contributed by atoms with Gasteiger partial charge in [0.2, 0.25) is 0 Å². The topological polar surface area (TPSA) is 23.9 Å². The Morgan fingerprint density at radius 3 is 2.73 bits per heavy atom. The number of fused-ring (bicyclic) bond motifs is 2. The number of aryl methyl sites for hydroxylation is 1. The lowest BCUT2D eigenvalue weighted by Crippen LogP contribution is -2.04. The summed E-state index contributed by atoms with van der Waals surface area (Å²) >= 11 is 0. The normalized spacial score (nSPS) is 13.1. The Hall–Kier alpha value is -2.67. The molecule has 0 saturated heterocycles. The first-order chi connectivity index (χ1) is 10.8. The molecule has 106 valence electrons. The van der Waals surface area contributed by atoms with Crippen molar-refractivity contribution in [2.24, 2.45) is 0 Å². The molecule has 0 saturated carbocycles. The third kappa shape index (κ3) is 2.15. The maximum atomic E-state index is 8.65. The van der Waals surface area contributed by atoms with Gasteiger partial charge in [-0.25, -0.2) is 0 Å². The minimum atomic E-state index is 0.596. The van der Waals surface area contributed by atoms with Gasteiger partial charge in [-0.1, -0.05) is 66.7 Å². The van der Waals surface area contributed by atoms with E-state index in [4.69, 9.17) is 5.41 Å². The molecule has 4 rings (SSSR count). The summed E-state index contributed by atoms with van der Waals surface area (Å²) in [4.78, 5) is 0. The second kappa shape index (κ2) is 5.27. The van der Waals surface area contributed by atoms with Crippen LogP contribution in [0.5, 0.6) is 0 Å². The predicted molar refractivity (Wildman–Crippen MR) is 93.7 cm³/mol. The Bertz CT molecular complexity index is 897. The molecule has 0 aromatic heterocycles. The molecule has 0 aliphatic heterocycles. The molecular weight excluding hydrogens is 266 g/mol. The van der Waals surface area contributed by atoms with Crippen molar-refractivity contribution >= 4 is 22.6 Å². The molecule has 1 aliphatic rings. The molecule has 1 heteroatoms. The van der Waals surface area contributed by atoms with Gasteiger partial charge < -0.3 is 0 Å². The monoisotopic (exact) mass is 283 g/mol. The zero-order valence-corrected chi connectivity index (χ0v) is 12.3. The van der Waals surface area contributed by atoms with Gasteiger partial charge in [0.05, 0.1) is 5.71 Å². The predicted octanol–water partition coefficient (Wildman–Crippen LogP) is 5.22. The van der Waals surface area contributed by atoms with Crippen LogP contribution in [0.25, 0.3) is 16.8 Å². The molecule has 0 unspecified atom stereocenters. The van der Waals surface area contributed by atoms with E-state index in [0.717, 1.165) is 29.4 Å².